The van der Waals surface area contributed by atoms with Crippen molar-refractivity contribution in [3.63, 3.8) is 0 Å². The summed E-state index contributed by atoms with van der Waals surface area (Å²) in [5.74, 6) is -0.133. The first-order valence-electron chi connectivity index (χ1n) is 7.44. The third-order valence-electron chi connectivity index (χ3n) is 3.44. The summed E-state index contributed by atoms with van der Waals surface area (Å²) in [7, 11) is 3.98. The van der Waals surface area contributed by atoms with E-state index in [9.17, 15) is 4.79 Å². The van der Waals surface area contributed by atoms with Crippen LogP contribution in [0.5, 0.6) is 0 Å². The second kappa shape index (κ2) is 7.76. The molecule has 0 unspecified atom stereocenters. The Kier molecular flexibility index (Phi) is 5.66. The highest BCUT2D eigenvalue weighted by Gasteiger charge is 2.23. The topological polar surface area (TPSA) is 44.7 Å². The number of hydrogen-bond donors (Lipinski definition) is 1. The molecular weight excluding hydrogens is 466 g/mol. The fourth-order valence-corrected chi connectivity index (χ4v) is 4.25. The molecule has 128 valence electrons. The van der Waals surface area contributed by atoms with Crippen molar-refractivity contribution >= 4 is 72.1 Å². The number of aliphatic imine (C=N–C) groups is 1. The standard InChI is InChI=1S/C18H15Br2N3OS/c1-23(2)15-7-6-11(8-14(15)20)9-16-17(24)22-18(25-16)21-13-5-3-4-12(19)10-13/h3-10H,1-2H3,(H,21,22,24)/b16-9-. The Hall–Kier alpha value is -1.57. The molecule has 1 N–H and O–H groups in total. The molecule has 1 fully saturated rings. The molecule has 1 amide bonds. The summed E-state index contributed by atoms with van der Waals surface area (Å²) in [5.41, 5.74) is 2.83. The fraction of sp³-hybridized carbons (Fsp3) is 0.111. The van der Waals surface area contributed by atoms with Crippen LogP contribution in [-0.2, 0) is 4.79 Å². The normalized spacial score (nSPS) is 17.2. The fourth-order valence-electron chi connectivity index (χ4n) is 2.27. The molecule has 1 aliphatic rings. The molecule has 25 heavy (non-hydrogen) atoms. The van der Waals surface area contributed by atoms with Gasteiger partial charge in [-0.25, -0.2) is 4.99 Å². The van der Waals surface area contributed by atoms with Crippen molar-refractivity contribution < 1.29 is 4.79 Å². The predicted molar refractivity (Wildman–Crippen MR) is 113 cm³/mol. The van der Waals surface area contributed by atoms with Crippen molar-refractivity contribution in [2.45, 2.75) is 0 Å². The van der Waals surface area contributed by atoms with Crippen molar-refractivity contribution in [1.29, 1.82) is 0 Å². The zero-order chi connectivity index (χ0) is 18.0. The SMILES string of the molecule is CN(C)c1ccc(/C=C2\SC(=Nc3cccc(Br)c3)NC2=O)cc1Br. The summed E-state index contributed by atoms with van der Waals surface area (Å²) in [6.45, 7) is 0. The third-order valence-corrected chi connectivity index (χ3v) is 5.48. The van der Waals surface area contributed by atoms with Crippen LogP contribution in [0.4, 0.5) is 11.4 Å². The van der Waals surface area contributed by atoms with Crippen LogP contribution in [0.3, 0.4) is 0 Å². The maximum Gasteiger partial charge on any atom is 0.264 e. The average molecular weight is 481 g/mol. The average Bonchev–Trinajstić information content (AvgIpc) is 2.86. The van der Waals surface area contributed by atoms with Crippen LogP contribution in [0.1, 0.15) is 5.56 Å². The number of amidine groups is 1. The molecule has 0 bridgehead atoms. The van der Waals surface area contributed by atoms with Crippen LogP contribution in [0, 0.1) is 0 Å². The second-order valence-electron chi connectivity index (χ2n) is 5.57. The largest absolute Gasteiger partial charge is 0.377 e. The maximum absolute atomic E-state index is 12.2. The minimum absolute atomic E-state index is 0.133. The van der Waals surface area contributed by atoms with Gasteiger partial charge in [0.1, 0.15) is 0 Å². The first-order chi connectivity index (χ1) is 11.9. The highest BCUT2D eigenvalue weighted by molar-refractivity contribution is 9.10. The Balaban J connectivity index is 1.83. The van der Waals surface area contributed by atoms with Crippen LogP contribution >= 0.6 is 43.6 Å². The van der Waals surface area contributed by atoms with E-state index in [1.54, 1.807) is 0 Å². The number of benzene rings is 2. The number of hydrogen-bond acceptors (Lipinski definition) is 4. The summed E-state index contributed by atoms with van der Waals surface area (Å²) in [6.07, 6.45) is 1.87. The Labute approximate surface area is 167 Å². The predicted octanol–water partition coefficient (Wildman–Crippen LogP) is 5.17. The van der Waals surface area contributed by atoms with Gasteiger partial charge < -0.3 is 10.2 Å². The Morgan fingerprint density at radius 3 is 2.64 bits per heavy atom. The van der Waals surface area contributed by atoms with Gasteiger partial charge in [0, 0.05) is 23.0 Å². The highest BCUT2D eigenvalue weighted by atomic mass is 79.9. The molecule has 0 spiro atoms. The minimum atomic E-state index is -0.133. The maximum atomic E-state index is 12.2. The smallest absolute Gasteiger partial charge is 0.264 e. The molecule has 1 saturated heterocycles. The molecule has 0 atom stereocenters. The van der Waals surface area contributed by atoms with E-state index in [0.717, 1.165) is 25.9 Å². The van der Waals surface area contributed by atoms with Gasteiger partial charge in [0.2, 0.25) is 0 Å². The summed E-state index contributed by atoms with van der Waals surface area (Å²) in [5, 5.41) is 3.39. The lowest BCUT2D eigenvalue weighted by molar-refractivity contribution is -0.115. The van der Waals surface area contributed by atoms with Crippen LogP contribution in [-0.4, -0.2) is 25.2 Å². The van der Waals surface area contributed by atoms with Gasteiger partial charge in [0.25, 0.3) is 5.91 Å². The quantitative estimate of drug-likeness (QED) is 0.616. The second-order valence-corrected chi connectivity index (χ2v) is 8.37. The first kappa shape index (κ1) is 18.2. The molecule has 0 radical (unpaired) electrons. The van der Waals surface area contributed by atoms with Crippen LogP contribution < -0.4 is 10.2 Å². The number of carbonyl (C=O) groups excluding carboxylic acids is 1. The number of carbonyl (C=O) groups is 1. The minimum Gasteiger partial charge on any atom is -0.377 e. The van der Waals surface area contributed by atoms with E-state index in [-0.39, 0.29) is 5.91 Å². The highest BCUT2D eigenvalue weighted by Crippen LogP contribution is 2.31. The lowest BCUT2D eigenvalue weighted by Gasteiger charge is -2.14. The Morgan fingerprint density at radius 2 is 1.96 bits per heavy atom. The van der Waals surface area contributed by atoms with E-state index in [2.05, 4.69) is 42.2 Å². The van der Waals surface area contributed by atoms with Crippen molar-refractivity contribution in [2.75, 3.05) is 19.0 Å². The number of nitrogens with one attached hydrogen (secondary N) is 1. The number of anilines is 1. The number of thioether (sulfide) groups is 1. The van der Waals surface area contributed by atoms with Gasteiger partial charge in [-0.1, -0.05) is 28.1 Å². The summed E-state index contributed by atoms with van der Waals surface area (Å²) in [6, 6.07) is 13.6. The number of rotatable bonds is 3. The van der Waals surface area contributed by atoms with Crippen molar-refractivity contribution in [3.05, 3.63) is 61.9 Å². The van der Waals surface area contributed by atoms with Gasteiger partial charge in [0.15, 0.2) is 5.17 Å². The number of nitrogens with zero attached hydrogens (tertiary/aromatic N) is 2. The van der Waals surface area contributed by atoms with E-state index in [1.165, 1.54) is 11.8 Å². The van der Waals surface area contributed by atoms with Gasteiger partial charge >= 0.3 is 0 Å². The molecule has 1 aliphatic heterocycles. The Bertz CT molecular complexity index is 894. The zero-order valence-corrected chi connectivity index (χ0v) is 17.6. The van der Waals surface area contributed by atoms with Gasteiger partial charge in [-0.2, -0.15) is 0 Å². The van der Waals surface area contributed by atoms with E-state index < -0.39 is 0 Å². The van der Waals surface area contributed by atoms with E-state index >= 15 is 0 Å². The monoisotopic (exact) mass is 479 g/mol. The zero-order valence-electron chi connectivity index (χ0n) is 13.6. The third kappa shape index (κ3) is 4.54. The van der Waals surface area contributed by atoms with Crippen LogP contribution in [0.15, 0.2) is 61.3 Å². The van der Waals surface area contributed by atoms with Crippen molar-refractivity contribution in [1.82, 2.24) is 5.32 Å². The first-order valence-corrected chi connectivity index (χ1v) is 9.84. The lowest BCUT2D eigenvalue weighted by atomic mass is 10.2. The van der Waals surface area contributed by atoms with Crippen LogP contribution in [0.25, 0.3) is 6.08 Å². The molecule has 2 aromatic rings. The number of halogens is 2. The van der Waals surface area contributed by atoms with E-state index in [1.807, 2.05) is 67.5 Å². The van der Waals surface area contributed by atoms with Crippen molar-refractivity contribution in [3.8, 4) is 0 Å². The molecule has 2 aromatic carbocycles. The van der Waals surface area contributed by atoms with Gasteiger partial charge in [-0.3, -0.25) is 4.79 Å². The molecular formula is C18H15Br2N3OS. The lowest BCUT2D eigenvalue weighted by Crippen LogP contribution is -2.19. The molecule has 4 nitrogen and oxygen atoms in total. The summed E-state index contributed by atoms with van der Waals surface area (Å²) < 4.78 is 1.93. The van der Waals surface area contributed by atoms with E-state index in [4.69, 9.17) is 0 Å². The number of amides is 1. The van der Waals surface area contributed by atoms with Crippen molar-refractivity contribution in [2.24, 2.45) is 4.99 Å². The molecule has 0 aliphatic carbocycles. The molecule has 7 heteroatoms. The molecule has 0 aromatic heterocycles. The van der Waals surface area contributed by atoms with E-state index in [0.29, 0.717) is 10.1 Å². The van der Waals surface area contributed by atoms with Gasteiger partial charge in [-0.05, 0) is 69.7 Å². The Morgan fingerprint density at radius 1 is 1.16 bits per heavy atom. The van der Waals surface area contributed by atoms with Gasteiger partial charge in [-0.15, -0.1) is 0 Å². The molecule has 0 saturated carbocycles. The van der Waals surface area contributed by atoms with Crippen LogP contribution in [0.2, 0.25) is 0 Å². The molecule has 1 heterocycles. The summed E-state index contributed by atoms with van der Waals surface area (Å²) >= 11 is 8.33. The molecule has 3 rings (SSSR count). The van der Waals surface area contributed by atoms with Gasteiger partial charge in [0.05, 0.1) is 16.3 Å². The summed E-state index contributed by atoms with van der Waals surface area (Å²) in [4.78, 5) is 19.3.